The number of hydrogen-bond acceptors (Lipinski definition) is 4. The van der Waals surface area contributed by atoms with Gasteiger partial charge in [0.05, 0.1) is 4.75 Å². The maximum absolute atomic E-state index is 12.3. The molecule has 0 N–H and O–H groups in total. The summed E-state index contributed by atoms with van der Waals surface area (Å²) in [5, 5.41) is -0.429. The van der Waals surface area contributed by atoms with E-state index < -0.39 is 21.9 Å². The first-order valence-electron chi connectivity index (χ1n) is 8.06. The molecule has 24 heavy (non-hydrogen) atoms. The highest BCUT2D eigenvalue weighted by Crippen LogP contribution is 2.69. The second-order valence-corrected chi connectivity index (χ2v) is 8.07. The molecule has 0 aromatic heterocycles. The lowest BCUT2D eigenvalue weighted by atomic mass is 9.62. The Balaban J connectivity index is 1.73. The molecule has 0 saturated carbocycles. The zero-order chi connectivity index (χ0) is 16.1. The van der Waals surface area contributed by atoms with Crippen LogP contribution in [0.3, 0.4) is 0 Å². The lowest BCUT2D eigenvalue weighted by Crippen LogP contribution is -2.37. The summed E-state index contributed by atoms with van der Waals surface area (Å²) < 4.78 is 4.49. The molecule has 0 radical (unpaired) electrons. The van der Waals surface area contributed by atoms with Crippen LogP contribution >= 0.6 is 11.8 Å². The van der Waals surface area contributed by atoms with Crippen LogP contribution in [0.25, 0.3) is 0 Å². The summed E-state index contributed by atoms with van der Waals surface area (Å²) >= 11 is 1.58. The number of rotatable bonds is 0. The van der Waals surface area contributed by atoms with Gasteiger partial charge in [-0.15, -0.1) is 11.8 Å². The molecule has 5 aliphatic rings. The highest BCUT2D eigenvalue weighted by Gasteiger charge is 2.65. The lowest BCUT2D eigenvalue weighted by molar-refractivity contribution is -0.152. The van der Waals surface area contributed by atoms with Crippen LogP contribution in [0.4, 0.5) is 0 Å². The molecular formula is C20H12O3S. The van der Waals surface area contributed by atoms with E-state index in [1.54, 1.807) is 11.8 Å². The van der Waals surface area contributed by atoms with Gasteiger partial charge in [0, 0.05) is 5.92 Å². The highest BCUT2D eigenvalue weighted by atomic mass is 32.2. The largest absolute Gasteiger partial charge is 0.392 e. The molecule has 116 valence electrons. The van der Waals surface area contributed by atoms with E-state index in [0.717, 1.165) is 5.57 Å². The van der Waals surface area contributed by atoms with Crippen LogP contribution in [0.2, 0.25) is 0 Å². The van der Waals surface area contributed by atoms with E-state index >= 15 is 0 Å². The average molecular weight is 332 g/mol. The number of cyclic esters (lactones) is 2. The molecule has 2 aromatic rings. The lowest BCUT2D eigenvalue weighted by Gasteiger charge is -2.46. The molecule has 4 heteroatoms. The van der Waals surface area contributed by atoms with Gasteiger partial charge in [0.2, 0.25) is 0 Å². The van der Waals surface area contributed by atoms with Crippen LogP contribution < -0.4 is 0 Å². The fraction of sp³-hybridized carbons (Fsp3) is 0.200. The van der Waals surface area contributed by atoms with Gasteiger partial charge in [0.15, 0.2) is 0 Å². The maximum atomic E-state index is 12.3. The Morgan fingerprint density at radius 2 is 1.50 bits per heavy atom. The fourth-order valence-electron chi connectivity index (χ4n) is 4.87. The number of carbonyl (C=O) groups excluding carboxylic acids is 2. The van der Waals surface area contributed by atoms with Crippen LogP contribution in [0.1, 0.15) is 28.2 Å². The summed E-state index contributed by atoms with van der Waals surface area (Å²) in [5.41, 5.74) is 6.08. The van der Waals surface area contributed by atoms with Crippen molar-refractivity contribution in [2.75, 3.05) is 0 Å². The third kappa shape index (κ3) is 1.23. The second-order valence-electron chi connectivity index (χ2n) is 6.71. The molecule has 1 spiro atoms. The molecule has 3 nitrogen and oxygen atoms in total. The third-order valence-corrected chi connectivity index (χ3v) is 7.48. The minimum absolute atomic E-state index is 0.150. The molecule has 0 amide bonds. The van der Waals surface area contributed by atoms with Gasteiger partial charge in [-0.05, 0) is 27.8 Å². The van der Waals surface area contributed by atoms with Gasteiger partial charge in [0.25, 0.3) is 0 Å². The second kappa shape index (κ2) is 4.01. The van der Waals surface area contributed by atoms with Crippen molar-refractivity contribution in [3.8, 4) is 0 Å². The summed E-state index contributed by atoms with van der Waals surface area (Å²) in [4.78, 5) is 24.5. The quantitative estimate of drug-likeness (QED) is 0.422. The Bertz CT molecular complexity index is 942. The van der Waals surface area contributed by atoms with Crippen LogP contribution in [0, 0.1) is 5.92 Å². The van der Waals surface area contributed by atoms with Gasteiger partial charge >= 0.3 is 11.9 Å². The Morgan fingerprint density at radius 1 is 0.875 bits per heavy atom. The smallest absolute Gasteiger partial charge is 0.328 e. The van der Waals surface area contributed by atoms with Crippen molar-refractivity contribution in [1.82, 2.24) is 0 Å². The van der Waals surface area contributed by atoms with Gasteiger partial charge in [0.1, 0.15) is 11.2 Å². The van der Waals surface area contributed by atoms with Gasteiger partial charge in [-0.2, -0.15) is 0 Å². The van der Waals surface area contributed by atoms with Crippen molar-refractivity contribution < 1.29 is 14.3 Å². The first-order chi connectivity index (χ1) is 11.7. The molecule has 2 saturated heterocycles. The normalized spacial score (nSPS) is 34.2. The van der Waals surface area contributed by atoms with Crippen molar-refractivity contribution in [3.05, 3.63) is 82.4 Å². The molecule has 2 aromatic carbocycles. The number of allylic oxidation sites excluding steroid dienone is 1. The Morgan fingerprint density at radius 3 is 2.17 bits per heavy atom. The first kappa shape index (κ1) is 13.0. The third-order valence-electron chi connectivity index (χ3n) is 5.73. The van der Waals surface area contributed by atoms with E-state index in [1.807, 2.05) is 12.1 Å². The van der Waals surface area contributed by atoms with E-state index in [1.165, 1.54) is 22.3 Å². The molecule has 3 aliphatic carbocycles. The number of ether oxygens (including phenoxy) is 1. The highest BCUT2D eigenvalue weighted by molar-refractivity contribution is 8.02. The molecule has 7 rings (SSSR count). The van der Waals surface area contributed by atoms with Gasteiger partial charge < -0.3 is 4.74 Å². The Labute approximate surface area is 142 Å². The van der Waals surface area contributed by atoms with Crippen molar-refractivity contribution >= 4 is 23.7 Å². The minimum Gasteiger partial charge on any atom is -0.392 e. The molecular weight excluding hydrogens is 320 g/mol. The van der Waals surface area contributed by atoms with Crippen molar-refractivity contribution in [2.24, 2.45) is 5.92 Å². The Hall–Kier alpha value is -2.33. The van der Waals surface area contributed by atoms with E-state index in [9.17, 15) is 9.59 Å². The number of carbonyl (C=O) groups is 2. The number of hydrogen-bond donors (Lipinski definition) is 0. The standard InChI is InChI=1S/C20H12O3S/c21-18-16-15-9-12-10-5-1-3-7-13(10)20(15,24-17(16)19(22)23-18)14-8-4-2-6-11(12)14/h1-9,12,16-17H. The predicted octanol–water partition coefficient (Wildman–Crippen LogP) is 3.13. The van der Waals surface area contributed by atoms with Gasteiger partial charge in [-0.25, -0.2) is 0 Å². The summed E-state index contributed by atoms with van der Waals surface area (Å²) in [6.07, 6.45) is 2.21. The number of esters is 2. The monoisotopic (exact) mass is 332 g/mol. The number of thioether (sulfide) groups is 1. The first-order valence-corrected chi connectivity index (χ1v) is 8.94. The zero-order valence-electron chi connectivity index (χ0n) is 12.6. The summed E-state index contributed by atoms with van der Waals surface area (Å²) in [5.74, 6) is -1.06. The molecule has 2 unspecified atom stereocenters. The van der Waals surface area contributed by atoms with Crippen LogP contribution in [-0.2, 0) is 19.1 Å². The van der Waals surface area contributed by atoms with Crippen molar-refractivity contribution in [3.63, 3.8) is 0 Å². The molecule has 2 bridgehead atoms. The molecule has 2 heterocycles. The minimum atomic E-state index is -0.438. The topological polar surface area (TPSA) is 43.4 Å². The summed E-state index contributed by atoms with van der Waals surface area (Å²) in [7, 11) is 0. The number of benzene rings is 2. The van der Waals surface area contributed by atoms with Gasteiger partial charge in [-0.1, -0.05) is 54.6 Å². The van der Waals surface area contributed by atoms with Crippen LogP contribution in [0.15, 0.2) is 60.2 Å². The van der Waals surface area contributed by atoms with Crippen molar-refractivity contribution in [2.45, 2.75) is 15.9 Å². The Kier molecular flexibility index (Phi) is 2.17. The SMILES string of the molecule is O=C1OC(=O)C2C3=CC4c5ccccc5C3(SC12)c1ccccc14. The van der Waals surface area contributed by atoms with E-state index in [2.05, 4.69) is 42.5 Å². The predicted molar refractivity (Wildman–Crippen MR) is 89.6 cm³/mol. The maximum Gasteiger partial charge on any atom is 0.328 e. The molecule has 2 fully saturated rings. The molecule has 2 atom stereocenters. The van der Waals surface area contributed by atoms with E-state index in [-0.39, 0.29) is 11.9 Å². The summed E-state index contributed by atoms with van der Waals surface area (Å²) in [6, 6.07) is 16.8. The van der Waals surface area contributed by atoms with Gasteiger partial charge in [-0.3, -0.25) is 9.59 Å². The summed E-state index contributed by atoms with van der Waals surface area (Å²) in [6.45, 7) is 0. The fourth-order valence-corrected chi connectivity index (χ4v) is 6.75. The van der Waals surface area contributed by atoms with E-state index in [0.29, 0.717) is 0 Å². The van der Waals surface area contributed by atoms with E-state index in [4.69, 9.17) is 4.74 Å². The molecule has 2 aliphatic heterocycles. The van der Waals surface area contributed by atoms with Crippen LogP contribution in [0.5, 0.6) is 0 Å². The van der Waals surface area contributed by atoms with Crippen molar-refractivity contribution in [1.29, 1.82) is 0 Å². The zero-order valence-corrected chi connectivity index (χ0v) is 13.4. The average Bonchev–Trinajstić information content (AvgIpc) is 3.11. The van der Waals surface area contributed by atoms with Crippen LogP contribution in [-0.4, -0.2) is 17.2 Å². The number of fused-ring (bicyclic) bond motifs is 1.